The van der Waals surface area contributed by atoms with Gasteiger partial charge in [-0.1, -0.05) is 36.4 Å². The first-order chi connectivity index (χ1) is 9.19. The number of hydrogen-bond donors (Lipinski definition) is 2. The van der Waals surface area contributed by atoms with Gasteiger partial charge in [0.05, 0.1) is 13.0 Å². The molecule has 0 radical (unpaired) electrons. The number of aliphatic hydroxyl groups is 1. The zero-order chi connectivity index (χ0) is 13.7. The molecule has 19 heavy (non-hydrogen) atoms. The van der Waals surface area contributed by atoms with Crippen LogP contribution in [0.25, 0.3) is 0 Å². The van der Waals surface area contributed by atoms with E-state index in [2.05, 4.69) is 5.32 Å². The highest BCUT2D eigenvalue weighted by Crippen LogP contribution is 2.12. The van der Waals surface area contributed by atoms with Crippen molar-refractivity contribution in [1.29, 1.82) is 0 Å². The number of carbonyl (C=O) groups excluding carboxylic acids is 1. The lowest BCUT2D eigenvalue weighted by Crippen LogP contribution is -2.15. The number of aryl methyl sites for hydroxylation is 1. The number of hydrogen-bond acceptors (Lipinski definition) is 2. The Hall–Kier alpha value is -2.13. The Bertz CT molecular complexity index is 578. The van der Waals surface area contributed by atoms with Crippen LogP contribution in [0.2, 0.25) is 0 Å². The molecule has 0 fully saturated rings. The van der Waals surface area contributed by atoms with E-state index in [4.69, 9.17) is 5.11 Å². The van der Waals surface area contributed by atoms with Crippen molar-refractivity contribution in [2.45, 2.75) is 20.0 Å². The van der Waals surface area contributed by atoms with Crippen molar-refractivity contribution in [3.05, 3.63) is 65.2 Å². The topological polar surface area (TPSA) is 49.3 Å². The van der Waals surface area contributed by atoms with E-state index in [0.717, 1.165) is 16.7 Å². The molecule has 3 heteroatoms. The lowest BCUT2D eigenvalue weighted by atomic mass is 10.1. The minimum absolute atomic E-state index is 0.0263. The second kappa shape index (κ2) is 6.16. The van der Waals surface area contributed by atoms with Crippen LogP contribution in [-0.4, -0.2) is 11.0 Å². The van der Waals surface area contributed by atoms with E-state index in [0.29, 0.717) is 12.1 Å². The van der Waals surface area contributed by atoms with E-state index in [1.165, 1.54) is 0 Å². The minimum atomic E-state index is -0.0515. The van der Waals surface area contributed by atoms with Gasteiger partial charge in [0.25, 0.3) is 0 Å². The highest BCUT2D eigenvalue weighted by Gasteiger charge is 2.06. The second-order valence-electron chi connectivity index (χ2n) is 4.51. The van der Waals surface area contributed by atoms with Gasteiger partial charge in [-0.05, 0) is 35.7 Å². The summed E-state index contributed by atoms with van der Waals surface area (Å²) in [7, 11) is 0. The largest absolute Gasteiger partial charge is 0.392 e. The molecule has 0 aromatic heterocycles. The molecular weight excluding hydrogens is 238 g/mol. The molecule has 0 aliphatic heterocycles. The van der Waals surface area contributed by atoms with Crippen molar-refractivity contribution < 1.29 is 9.90 Å². The summed E-state index contributed by atoms with van der Waals surface area (Å²) < 4.78 is 0. The van der Waals surface area contributed by atoms with E-state index in [-0.39, 0.29) is 12.5 Å². The first kappa shape index (κ1) is 13.3. The van der Waals surface area contributed by atoms with Crippen LogP contribution < -0.4 is 5.32 Å². The van der Waals surface area contributed by atoms with E-state index < -0.39 is 0 Å². The maximum atomic E-state index is 12.0. The quantitative estimate of drug-likeness (QED) is 0.882. The monoisotopic (exact) mass is 255 g/mol. The van der Waals surface area contributed by atoms with Gasteiger partial charge in [0, 0.05) is 5.69 Å². The number of carbonyl (C=O) groups is 1. The summed E-state index contributed by atoms with van der Waals surface area (Å²) >= 11 is 0. The molecule has 2 aromatic carbocycles. The first-order valence-corrected chi connectivity index (χ1v) is 6.23. The Labute approximate surface area is 112 Å². The minimum Gasteiger partial charge on any atom is -0.392 e. The van der Waals surface area contributed by atoms with E-state index >= 15 is 0 Å². The standard InChI is InChI=1S/C16H17NO2/c1-12-5-2-3-7-14(12)10-16(19)17-15-8-4-6-13(9-15)11-18/h2-9,18H,10-11H2,1H3,(H,17,19). The normalized spacial score (nSPS) is 10.2. The molecule has 0 bridgehead atoms. The van der Waals surface area contributed by atoms with Crippen molar-refractivity contribution in [3.8, 4) is 0 Å². The maximum absolute atomic E-state index is 12.0. The molecule has 2 N–H and O–H groups in total. The van der Waals surface area contributed by atoms with Gasteiger partial charge < -0.3 is 10.4 Å². The highest BCUT2D eigenvalue weighted by molar-refractivity contribution is 5.92. The number of anilines is 1. The third kappa shape index (κ3) is 3.66. The van der Waals surface area contributed by atoms with Gasteiger partial charge in [0.1, 0.15) is 0 Å². The molecule has 0 atom stereocenters. The Morgan fingerprint density at radius 2 is 1.95 bits per heavy atom. The van der Waals surface area contributed by atoms with Gasteiger partial charge in [0.2, 0.25) is 5.91 Å². The van der Waals surface area contributed by atoms with E-state index in [1.807, 2.05) is 49.4 Å². The maximum Gasteiger partial charge on any atom is 0.228 e. The van der Waals surface area contributed by atoms with Crippen molar-refractivity contribution in [1.82, 2.24) is 0 Å². The zero-order valence-electron chi connectivity index (χ0n) is 10.9. The second-order valence-corrected chi connectivity index (χ2v) is 4.51. The van der Waals surface area contributed by atoms with Crippen LogP contribution in [0.15, 0.2) is 48.5 Å². The Balaban J connectivity index is 2.03. The molecule has 0 spiro atoms. The molecule has 1 amide bonds. The lowest BCUT2D eigenvalue weighted by molar-refractivity contribution is -0.115. The first-order valence-electron chi connectivity index (χ1n) is 6.23. The van der Waals surface area contributed by atoms with E-state index in [1.54, 1.807) is 6.07 Å². The molecule has 2 rings (SSSR count). The van der Waals surface area contributed by atoms with Crippen LogP contribution >= 0.6 is 0 Å². The number of nitrogens with one attached hydrogen (secondary N) is 1. The van der Waals surface area contributed by atoms with Gasteiger partial charge in [-0.15, -0.1) is 0 Å². The lowest BCUT2D eigenvalue weighted by Gasteiger charge is -2.08. The summed E-state index contributed by atoms with van der Waals surface area (Å²) in [6, 6.07) is 15.1. The Morgan fingerprint density at radius 3 is 2.68 bits per heavy atom. The highest BCUT2D eigenvalue weighted by atomic mass is 16.3. The van der Waals surface area contributed by atoms with Crippen LogP contribution in [0.5, 0.6) is 0 Å². The van der Waals surface area contributed by atoms with Crippen LogP contribution in [0.1, 0.15) is 16.7 Å². The third-order valence-electron chi connectivity index (χ3n) is 3.01. The summed E-state index contributed by atoms with van der Waals surface area (Å²) in [6.45, 7) is 1.97. The fourth-order valence-electron chi connectivity index (χ4n) is 1.93. The zero-order valence-corrected chi connectivity index (χ0v) is 10.9. The molecule has 2 aromatic rings. The summed E-state index contributed by atoms with van der Waals surface area (Å²) in [4.78, 5) is 12.0. The third-order valence-corrected chi connectivity index (χ3v) is 3.01. The van der Waals surface area contributed by atoms with Crippen molar-refractivity contribution in [3.63, 3.8) is 0 Å². The molecule has 0 heterocycles. The van der Waals surface area contributed by atoms with Crippen molar-refractivity contribution in [2.24, 2.45) is 0 Å². The molecule has 0 saturated carbocycles. The van der Waals surface area contributed by atoms with Crippen LogP contribution in [0.3, 0.4) is 0 Å². The number of benzene rings is 2. The number of rotatable bonds is 4. The molecule has 0 aliphatic rings. The number of aliphatic hydroxyl groups excluding tert-OH is 1. The molecule has 0 saturated heterocycles. The van der Waals surface area contributed by atoms with Crippen LogP contribution in [-0.2, 0) is 17.8 Å². The molecule has 0 unspecified atom stereocenters. The fraction of sp³-hybridized carbons (Fsp3) is 0.188. The van der Waals surface area contributed by atoms with Gasteiger partial charge in [-0.3, -0.25) is 4.79 Å². The SMILES string of the molecule is Cc1ccccc1CC(=O)Nc1cccc(CO)c1. The summed E-state index contributed by atoms with van der Waals surface area (Å²) in [5.74, 6) is -0.0515. The van der Waals surface area contributed by atoms with Gasteiger partial charge in [-0.25, -0.2) is 0 Å². The van der Waals surface area contributed by atoms with Crippen LogP contribution in [0, 0.1) is 6.92 Å². The van der Waals surface area contributed by atoms with Crippen molar-refractivity contribution >= 4 is 11.6 Å². The average molecular weight is 255 g/mol. The number of amides is 1. The van der Waals surface area contributed by atoms with E-state index in [9.17, 15) is 4.79 Å². The Morgan fingerprint density at radius 1 is 1.16 bits per heavy atom. The molecule has 98 valence electrons. The summed E-state index contributed by atoms with van der Waals surface area (Å²) in [6.07, 6.45) is 0.357. The van der Waals surface area contributed by atoms with Crippen LogP contribution in [0.4, 0.5) is 5.69 Å². The van der Waals surface area contributed by atoms with Gasteiger partial charge in [-0.2, -0.15) is 0 Å². The predicted molar refractivity (Wildman–Crippen MR) is 75.9 cm³/mol. The molecule has 3 nitrogen and oxygen atoms in total. The molecule has 0 aliphatic carbocycles. The summed E-state index contributed by atoms with van der Waals surface area (Å²) in [5.41, 5.74) is 3.64. The van der Waals surface area contributed by atoms with Crippen molar-refractivity contribution in [2.75, 3.05) is 5.32 Å². The smallest absolute Gasteiger partial charge is 0.228 e. The Kier molecular flexibility index (Phi) is 4.31. The fourth-order valence-corrected chi connectivity index (χ4v) is 1.93. The van der Waals surface area contributed by atoms with Gasteiger partial charge >= 0.3 is 0 Å². The molecular formula is C16H17NO2. The average Bonchev–Trinajstić information content (AvgIpc) is 2.41. The van der Waals surface area contributed by atoms with Gasteiger partial charge in [0.15, 0.2) is 0 Å². The summed E-state index contributed by atoms with van der Waals surface area (Å²) in [5, 5.41) is 11.9. The predicted octanol–water partition coefficient (Wildman–Crippen LogP) is 2.67.